The molecule has 1 heterocycles. The third-order valence-corrected chi connectivity index (χ3v) is 3.74. The van der Waals surface area contributed by atoms with Crippen molar-refractivity contribution in [2.45, 2.75) is 6.92 Å². The van der Waals surface area contributed by atoms with E-state index in [1.165, 1.54) is 0 Å². The molecule has 6 nitrogen and oxygen atoms in total. The third-order valence-electron chi connectivity index (χ3n) is 3.50. The number of carbonyl (C=O) groups is 1. The summed E-state index contributed by atoms with van der Waals surface area (Å²) in [5.74, 6) is 0.682. The summed E-state index contributed by atoms with van der Waals surface area (Å²) in [6.07, 6.45) is 1.16. The number of benzene rings is 2. The van der Waals surface area contributed by atoms with Gasteiger partial charge in [0.2, 0.25) is 0 Å². The summed E-state index contributed by atoms with van der Waals surface area (Å²) in [6.45, 7) is 1.74. The van der Waals surface area contributed by atoms with Gasteiger partial charge in [0.25, 0.3) is 0 Å². The Balaban J connectivity index is 2.21. The highest BCUT2D eigenvalue weighted by Crippen LogP contribution is 2.24. The summed E-state index contributed by atoms with van der Waals surface area (Å²) in [6, 6.07) is 13.9. The van der Waals surface area contributed by atoms with E-state index >= 15 is 0 Å². The van der Waals surface area contributed by atoms with Crippen molar-refractivity contribution >= 4 is 23.6 Å². The van der Waals surface area contributed by atoms with Gasteiger partial charge in [-0.05, 0) is 25.1 Å². The van der Waals surface area contributed by atoms with Crippen molar-refractivity contribution in [1.82, 2.24) is 14.8 Å². The van der Waals surface area contributed by atoms with Crippen molar-refractivity contribution in [1.29, 1.82) is 0 Å². The van der Waals surface area contributed by atoms with Crippen molar-refractivity contribution < 1.29 is 10.0 Å². The van der Waals surface area contributed by atoms with Gasteiger partial charge < -0.3 is 5.21 Å². The normalized spacial score (nSPS) is 11.1. The van der Waals surface area contributed by atoms with E-state index in [0.717, 1.165) is 6.21 Å². The summed E-state index contributed by atoms with van der Waals surface area (Å²) in [5, 5.41) is 20.2. The molecule has 0 unspecified atom stereocenters. The lowest BCUT2D eigenvalue weighted by molar-refractivity contribution is 0.103. The van der Waals surface area contributed by atoms with Crippen molar-refractivity contribution in [2.24, 2.45) is 5.16 Å². The molecular formula is C17H13ClN4O2. The van der Waals surface area contributed by atoms with Gasteiger partial charge in [0.15, 0.2) is 11.6 Å². The van der Waals surface area contributed by atoms with Gasteiger partial charge in [-0.1, -0.05) is 47.1 Å². The van der Waals surface area contributed by atoms with Gasteiger partial charge in [0, 0.05) is 16.1 Å². The first-order valence-electron chi connectivity index (χ1n) is 7.11. The minimum Gasteiger partial charge on any atom is -0.411 e. The second-order valence-electron chi connectivity index (χ2n) is 5.04. The molecule has 0 amide bonds. The van der Waals surface area contributed by atoms with Gasteiger partial charge in [0.1, 0.15) is 12.0 Å². The zero-order chi connectivity index (χ0) is 17.1. The molecule has 0 saturated heterocycles. The maximum Gasteiger partial charge on any atom is 0.195 e. The van der Waals surface area contributed by atoms with Gasteiger partial charge in [-0.15, -0.1) is 10.2 Å². The average Bonchev–Trinajstić information content (AvgIpc) is 2.96. The highest BCUT2D eigenvalue weighted by molar-refractivity contribution is 6.31. The number of aromatic nitrogens is 3. The lowest BCUT2D eigenvalue weighted by Gasteiger charge is -2.12. The number of halogens is 1. The summed E-state index contributed by atoms with van der Waals surface area (Å²) in [5.41, 5.74) is 1.51. The molecule has 0 fully saturated rings. The first kappa shape index (κ1) is 15.9. The molecule has 7 heteroatoms. The van der Waals surface area contributed by atoms with E-state index in [1.807, 2.05) is 6.07 Å². The SMILES string of the molecule is Cc1nnc(C=NO)n1-c1ccc(Cl)cc1C(=O)c1ccccc1. The molecule has 3 aromatic rings. The van der Waals surface area contributed by atoms with Crippen LogP contribution in [0.2, 0.25) is 5.02 Å². The second kappa shape index (κ2) is 6.64. The topological polar surface area (TPSA) is 80.4 Å². The predicted octanol–water partition coefficient (Wildman–Crippen LogP) is 3.27. The van der Waals surface area contributed by atoms with Crippen LogP contribution in [0.15, 0.2) is 53.7 Å². The smallest absolute Gasteiger partial charge is 0.195 e. The van der Waals surface area contributed by atoms with E-state index in [0.29, 0.717) is 33.5 Å². The van der Waals surface area contributed by atoms with E-state index in [1.54, 1.807) is 54.0 Å². The molecule has 0 saturated carbocycles. The lowest BCUT2D eigenvalue weighted by Crippen LogP contribution is -2.11. The van der Waals surface area contributed by atoms with E-state index < -0.39 is 0 Å². The van der Waals surface area contributed by atoms with E-state index in [4.69, 9.17) is 16.8 Å². The Labute approximate surface area is 143 Å². The van der Waals surface area contributed by atoms with Gasteiger partial charge in [-0.25, -0.2) is 0 Å². The first-order chi connectivity index (χ1) is 11.6. The number of oxime groups is 1. The average molecular weight is 341 g/mol. The fraction of sp³-hybridized carbons (Fsp3) is 0.0588. The van der Waals surface area contributed by atoms with Crippen LogP contribution in [0.5, 0.6) is 0 Å². The van der Waals surface area contributed by atoms with Gasteiger partial charge in [0.05, 0.1) is 5.69 Å². The molecule has 24 heavy (non-hydrogen) atoms. The number of carbonyl (C=O) groups excluding carboxylic acids is 1. The van der Waals surface area contributed by atoms with E-state index in [2.05, 4.69) is 15.4 Å². The zero-order valence-electron chi connectivity index (χ0n) is 12.7. The minimum absolute atomic E-state index is 0.173. The largest absolute Gasteiger partial charge is 0.411 e. The number of aryl methyl sites for hydroxylation is 1. The molecule has 0 radical (unpaired) electrons. The number of nitrogens with zero attached hydrogens (tertiary/aromatic N) is 4. The number of hydrogen-bond acceptors (Lipinski definition) is 5. The third kappa shape index (κ3) is 2.91. The predicted molar refractivity (Wildman–Crippen MR) is 90.4 cm³/mol. The summed E-state index contributed by atoms with van der Waals surface area (Å²) < 4.78 is 1.63. The second-order valence-corrected chi connectivity index (χ2v) is 5.48. The Morgan fingerprint density at radius 2 is 1.96 bits per heavy atom. The van der Waals surface area contributed by atoms with Crippen LogP contribution in [0, 0.1) is 6.92 Å². The Morgan fingerprint density at radius 3 is 2.67 bits per heavy atom. The molecular weight excluding hydrogens is 328 g/mol. The number of ketones is 1. The fourth-order valence-corrected chi connectivity index (χ4v) is 2.61. The summed E-state index contributed by atoms with van der Waals surface area (Å²) >= 11 is 6.09. The van der Waals surface area contributed by atoms with Crippen LogP contribution in [0.1, 0.15) is 27.6 Å². The Morgan fingerprint density at radius 1 is 1.21 bits per heavy atom. The van der Waals surface area contributed by atoms with Crippen LogP contribution in [-0.4, -0.2) is 32.0 Å². The standard InChI is InChI=1S/C17H13ClN4O2/c1-11-20-21-16(10-19-24)22(11)15-8-7-13(18)9-14(15)17(23)12-5-3-2-4-6-12/h2-10,24H,1H3. The minimum atomic E-state index is -0.173. The molecule has 0 aliphatic rings. The van der Waals surface area contributed by atoms with Crippen LogP contribution in [0.3, 0.4) is 0 Å². The highest BCUT2D eigenvalue weighted by Gasteiger charge is 2.19. The van der Waals surface area contributed by atoms with Crippen molar-refractivity contribution in [3.8, 4) is 5.69 Å². The maximum absolute atomic E-state index is 12.9. The zero-order valence-corrected chi connectivity index (χ0v) is 13.5. The Kier molecular flexibility index (Phi) is 4.39. The van der Waals surface area contributed by atoms with E-state index in [9.17, 15) is 4.79 Å². The van der Waals surface area contributed by atoms with Crippen LogP contribution in [0.25, 0.3) is 5.69 Å². The molecule has 120 valence electrons. The lowest BCUT2D eigenvalue weighted by atomic mass is 10.0. The molecule has 0 bridgehead atoms. The molecule has 2 aromatic carbocycles. The maximum atomic E-state index is 12.9. The number of rotatable bonds is 4. The Bertz CT molecular complexity index is 920. The Hall–Kier alpha value is -2.99. The van der Waals surface area contributed by atoms with Crippen LogP contribution >= 0.6 is 11.6 Å². The summed E-state index contributed by atoms with van der Waals surface area (Å²) in [4.78, 5) is 12.9. The quantitative estimate of drug-likeness (QED) is 0.342. The van der Waals surface area contributed by atoms with Crippen LogP contribution < -0.4 is 0 Å². The van der Waals surface area contributed by atoms with Crippen molar-refractivity contribution in [3.05, 3.63) is 76.3 Å². The molecule has 0 atom stereocenters. The van der Waals surface area contributed by atoms with E-state index in [-0.39, 0.29) is 5.78 Å². The molecule has 1 N–H and O–H groups in total. The molecule has 0 aliphatic heterocycles. The van der Waals surface area contributed by atoms with Gasteiger partial charge >= 0.3 is 0 Å². The molecule has 0 spiro atoms. The fourth-order valence-electron chi connectivity index (χ4n) is 2.44. The van der Waals surface area contributed by atoms with Crippen LogP contribution in [-0.2, 0) is 0 Å². The van der Waals surface area contributed by atoms with Crippen molar-refractivity contribution in [3.63, 3.8) is 0 Å². The van der Waals surface area contributed by atoms with Crippen molar-refractivity contribution in [2.75, 3.05) is 0 Å². The first-order valence-corrected chi connectivity index (χ1v) is 7.48. The summed E-state index contributed by atoms with van der Waals surface area (Å²) in [7, 11) is 0. The van der Waals surface area contributed by atoms with Gasteiger partial charge in [-0.2, -0.15) is 0 Å². The van der Waals surface area contributed by atoms with Crippen LogP contribution in [0.4, 0.5) is 0 Å². The molecule has 1 aromatic heterocycles. The molecule has 0 aliphatic carbocycles. The monoisotopic (exact) mass is 340 g/mol. The van der Waals surface area contributed by atoms with Gasteiger partial charge in [-0.3, -0.25) is 9.36 Å². The number of hydrogen-bond donors (Lipinski definition) is 1. The highest BCUT2D eigenvalue weighted by atomic mass is 35.5. The molecule has 3 rings (SSSR count).